The van der Waals surface area contributed by atoms with Crippen LogP contribution in [0.4, 0.5) is 0 Å². The Kier molecular flexibility index (Phi) is 5.74. The van der Waals surface area contributed by atoms with Crippen LogP contribution in [0.25, 0.3) is 0 Å². The van der Waals surface area contributed by atoms with E-state index in [1.54, 1.807) is 12.1 Å². The molecule has 136 valence electrons. The zero-order valence-corrected chi connectivity index (χ0v) is 15.2. The van der Waals surface area contributed by atoms with Gasteiger partial charge < -0.3 is 4.74 Å². The number of nitriles is 1. The molecule has 0 bridgehead atoms. The fourth-order valence-electron chi connectivity index (χ4n) is 3.90. The third-order valence-corrected chi connectivity index (χ3v) is 6.73. The van der Waals surface area contributed by atoms with E-state index in [-0.39, 0.29) is 10.4 Å². The van der Waals surface area contributed by atoms with E-state index < -0.39 is 10.0 Å². The minimum absolute atomic E-state index is 0.123. The highest BCUT2D eigenvalue weighted by Crippen LogP contribution is 2.34. The molecule has 6 nitrogen and oxygen atoms in total. The van der Waals surface area contributed by atoms with Gasteiger partial charge in [0.25, 0.3) is 0 Å². The third-order valence-electron chi connectivity index (χ3n) is 5.33. The molecule has 2 fully saturated rings. The van der Waals surface area contributed by atoms with Gasteiger partial charge in [-0.1, -0.05) is 25.3 Å². The van der Waals surface area contributed by atoms with Crippen LogP contribution in [0.15, 0.2) is 29.2 Å². The summed E-state index contributed by atoms with van der Waals surface area (Å²) in [6, 6.07) is 8.15. The summed E-state index contributed by atoms with van der Waals surface area (Å²) in [5.74, 6) is 0. The molecule has 1 aromatic carbocycles. The second-order valence-corrected chi connectivity index (χ2v) is 8.62. The normalized spacial score (nSPS) is 21.6. The topological polar surface area (TPSA) is 82.4 Å². The average molecular weight is 363 g/mol. The Balaban J connectivity index is 1.76. The molecule has 2 aliphatic rings. The van der Waals surface area contributed by atoms with E-state index in [1.165, 1.54) is 18.6 Å². The molecule has 3 rings (SSSR count). The summed E-state index contributed by atoms with van der Waals surface area (Å²) in [6.45, 7) is 3.53. The zero-order chi connectivity index (χ0) is 17.8. The number of morpholine rings is 1. The molecule has 1 aromatic rings. The standard InChI is InChI=1S/C18H25N3O3S/c19-14-16-5-4-6-17(13-16)25(22,23)20-15-18(7-2-1-3-8-18)21-9-11-24-12-10-21/h4-6,13,20H,1-3,7-12,15H2. The molecule has 0 amide bonds. The van der Waals surface area contributed by atoms with Crippen molar-refractivity contribution >= 4 is 10.0 Å². The Morgan fingerprint density at radius 2 is 1.92 bits per heavy atom. The molecule has 1 heterocycles. The fourth-order valence-corrected chi connectivity index (χ4v) is 5.06. The van der Waals surface area contributed by atoms with Gasteiger partial charge in [-0.3, -0.25) is 4.90 Å². The fraction of sp³-hybridized carbons (Fsp3) is 0.611. The van der Waals surface area contributed by atoms with E-state index in [0.717, 1.165) is 38.8 Å². The molecule has 25 heavy (non-hydrogen) atoms. The molecule has 1 N–H and O–H groups in total. The molecule has 1 aliphatic heterocycles. The Labute approximate surface area is 149 Å². The van der Waals surface area contributed by atoms with Crippen LogP contribution in [0.1, 0.15) is 37.7 Å². The van der Waals surface area contributed by atoms with Gasteiger partial charge in [-0.05, 0) is 31.0 Å². The van der Waals surface area contributed by atoms with Gasteiger partial charge >= 0.3 is 0 Å². The SMILES string of the molecule is N#Cc1cccc(S(=O)(=O)NCC2(N3CCOCC3)CCCCC2)c1. The Bertz CT molecular complexity index is 730. The van der Waals surface area contributed by atoms with Crippen LogP contribution in [-0.2, 0) is 14.8 Å². The molecule has 0 atom stereocenters. The summed E-state index contributed by atoms with van der Waals surface area (Å²) in [7, 11) is -3.63. The lowest BCUT2D eigenvalue weighted by molar-refractivity contribution is -0.0348. The van der Waals surface area contributed by atoms with E-state index in [4.69, 9.17) is 10.00 Å². The number of hydrogen-bond donors (Lipinski definition) is 1. The highest BCUT2D eigenvalue weighted by atomic mass is 32.2. The van der Waals surface area contributed by atoms with Crippen molar-refractivity contribution < 1.29 is 13.2 Å². The number of nitrogens with zero attached hydrogens (tertiary/aromatic N) is 2. The van der Waals surface area contributed by atoms with Gasteiger partial charge in [0.1, 0.15) is 0 Å². The van der Waals surface area contributed by atoms with Gasteiger partial charge in [-0.2, -0.15) is 5.26 Å². The average Bonchev–Trinajstić information content (AvgIpc) is 2.68. The maximum absolute atomic E-state index is 12.7. The molecule has 0 spiro atoms. The van der Waals surface area contributed by atoms with Gasteiger partial charge in [0.15, 0.2) is 0 Å². The zero-order valence-electron chi connectivity index (χ0n) is 14.4. The molecule has 1 saturated carbocycles. The molecular formula is C18H25N3O3S. The summed E-state index contributed by atoms with van der Waals surface area (Å²) < 4.78 is 33.7. The van der Waals surface area contributed by atoms with Crippen LogP contribution in [0, 0.1) is 11.3 Å². The third kappa shape index (κ3) is 4.21. The van der Waals surface area contributed by atoms with Gasteiger partial charge in [0, 0.05) is 25.2 Å². The van der Waals surface area contributed by atoms with Crippen molar-refractivity contribution in [2.45, 2.75) is 42.5 Å². The highest BCUT2D eigenvalue weighted by molar-refractivity contribution is 7.89. The van der Waals surface area contributed by atoms with Crippen LogP contribution < -0.4 is 4.72 Å². The first-order valence-corrected chi connectivity index (χ1v) is 10.4. The van der Waals surface area contributed by atoms with Crippen molar-refractivity contribution in [2.24, 2.45) is 0 Å². The molecular weight excluding hydrogens is 338 g/mol. The molecule has 7 heteroatoms. The Hall–Kier alpha value is -1.46. The first kappa shape index (κ1) is 18.3. The first-order valence-electron chi connectivity index (χ1n) is 8.88. The maximum atomic E-state index is 12.7. The minimum Gasteiger partial charge on any atom is -0.379 e. The van der Waals surface area contributed by atoms with Crippen LogP contribution in [0.5, 0.6) is 0 Å². The molecule has 1 saturated heterocycles. The lowest BCUT2D eigenvalue weighted by atomic mass is 9.80. The number of rotatable bonds is 5. The number of hydrogen-bond acceptors (Lipinski definition) is 5. The first-order chi connectivity index (χ1) is 12.1. The monoisotopic (exact) mass is 363 g/mol. The van der Waals surface area contributed by atoms with Gasteiger partial charge in [0.05, 0.1) is 29.7 Å². The van der Waals surface area contributed by atoms with Crippen LogP contribution in [0.2, 0.25) is 0 Å². The second kappa shape index (κ2) is 7.83. The van der Waals surface area contributed by atoms with E-state index in [0.29, 0.717) is 25.3 Å². The van der Waals surface area contributed by atoms with Crippen molar-refractivity contribution in [1.29, 1.82) is 5.26 Å². The van der Waals surface area contributed by atoms with Crippen molar-refractivity contribution in [3.8, 4) is 6.07 Å². The van der Waals surface area contributed by atoms with Gasteiger partial charge in [-0.15, -0.1) is 0 Å². The maximum Gasteiger partial charge on any atom is 0.240 e. The lowest BCUT2D eigenvalue weighted by Gasteiger charge is -2.48. The van der Waals surface area contributed by atoms with E-state index >= 15 is 0 Å². The largest absolute Gasteiger partial charge is 0.379 e. The highest BCUT2D eigenvalue weighted by Gasteiger charge is 2.39. The molecule has 0 unspecified atom stereocenters. The number of benzene rings is 1. The van der Waals surface area contributed by atoms with Crippen LogP contribution >= 0.6 is 0 Å². The summed E-state index contributed by atoms with van der Waals surface area (Å²) >= 11 is 0. The number of ether oxygens (including phenoxy) is 1. The van der Waals surface area contributed by atoms with Gasteiger partial charge in [-0.25, -0.2) is 13.1 Å². The molecule has 0 aromatic heterocycles. The summed E-state index contributed by atoms with van der Waals surface area (Å²) in [4.78, 5) is 2.56. The predicted molar refractivity (Wildman–Crippen MR) is 94.6 cm³/mol. The van der Waals surface area contributed by atoms with Crippen molar-refractivity contribution in [1.82, 2.24) is 9.62 Å². The summed E-state index contributed by atoms with van der Waals surface area (Å²) in [5, 5.41) is 8.99. The number of nitrogens with one attached hydrogen (secondary N) is 1. The summed E-state index contributed by atoms with van der Waals surface area (Å²) in [5.41, 5.74) is 0.227. The number of sulfonamides is 1. The lowest BCUT2D eigenvalue weighted by Crippen LogP contribution is -2.59. The Morgan fingerprint density at radius 3 is 2.60 bits per heavy atom. The molecule has 1 aliphatic carbocycles. The Morgan fingerprint density at radius 1 is 1.20 bits per heavy atom. The van der Waals surface area contributed by atoms with Crippen LogP contribution in [0.3, 0.4) is 0 Å². The van der Waals surface area contributed by atoms with E-state index in [1.807, 2.05) is 6.07 Å². The molecule has 0 radical (unpaired) electrons. The van der Waals surface area contributed by atoms with E-state index in [9.17, 15) is 8.42 Å². The summed E-state index contributed by atoms with van der Waals surface area (Å²) in [6.07, 6.45) is 5.48. The predicted octanol–water partition coefficient (Wildman–Crippen LogP) is 1.87. The van der Waals surface area contributed by atoms with E-state index in [2.05, 4.69) is 9.62 Å². The van der Waals surface area contributed by atoms with Crippen LogP contribution in [-0.4, -0.2) is 51.7 Å². The van der Waals surface area contributed by atoms with Crippen molar-refractivity contribution in [2.75, 3.05) is 32.8 Å². The quantitative estimate of drug-likeness (QED) is 0.864. The minimum atomic E-state index is -3.63. The van der Waals surface area contributed by atoms with Gasteiger partial charge in [0.2, 0.25) is 10.0 Å². The van der Waals surface area contributed by atoms with Crippen molar-refractivity contribution in [3.05, 3.63) is 29.8 Å². The van der Waals surface area contributed by atoms with Crippen molar-refractivity contribution in [3.63, 3.8) is 0 Å². The second-order valence-electron chi connectivity index (χ2n) is 6.85. The smallest absolute Gasteiger partial charge is 0.240 e.